The SMILES string of the molecule is C[C@H]1C[C@@H](C(=O)Nc2nc(-c3ccccc3F)cs2)CCN1.Cl. The van der Waals surface area contributed by atoms with E-state index in [-0.39, 0.29) is 30.0 Å². The van der Waals surface area contributed by atoms with Crippen LogP contribution in [0.15, 0.2) is 29.6 Å². The third-order valence-corrected chi connectivity index (χ3v) is 4.64. The predicted molar refractivity (Wildman–Crippen MR) is 93.6 cm³/mol. The number of aromatic nitrogens is 1. The van der Waals surface area contributed by atoms with Gasteiger partial charge in [0.15, 0.2) is 5.13 Å². The second-order valence-corrected chi connectivity index (χ2v) is 6.44. The number of thiazole rings is 1. The smallest absolute Gasteiger partial charge is 0.229 e. The van der Waals surface area contributed by atoms with E-state index >= 15 is 0 Å². The summed E-state index contributed by atoms with van der Waals surface area (Å²) in [4.78, 5) is 16.6. The number of carbonyl (C=O) groups is 1. The first-order chi connectivity index (χ1) is 10.6. The maximum Gasteiger partial charge on any atom is 0.229 e. The summed E-state index contributed by atoms with van der Waals surface area (Å²) < 4.78 is 13.8. The number of halogens is 2. The van der Waals surface area contributed by atoms with E-state index in [1.54, 1.807) is 23.6 Å². The molecule has 3 rings (SSSR count). The zero-order valence-electron chi connectivity index (χ0n) is 12.7. The van der Waals surface area contributed by atoms with Gasteiger partial charge in [-0.2, -0.15) is 0 Å². The van der Waals surface area contributed by atoms with E-state index in [1.165, 1.54) is 17.4 Å². The number of anilines is 1. The van der Waals surface area contributed by atoms with Gasteiger partial charge in [-0.15, -0.1) is 23.7 Å². The highest BCUT2D eigenvalue weighted by atomic mass is 35.5. The monoisotopic (exact) mass is 355 g/mol. The molecule has 0 bridgehead atoms. The quantitative estimate of drug-likeness (QED) is 0.882. The molecule has 0 saturated carbocycles. The Labute approximate surface area is 144 Å². The molecular weight excluding hydrogens is 337 g/mol. The lowest BCUT2D eigenvalue weighted by atomic mass is 9.92. The normalized spacial score (nSPS) is 20.6. The third kappa shape index (κ3) is 4.28. The highest BCUT2D eigenvalue weighted by molar-refractivity contribution is 7.14. The molecule has 1 amide bonds. The summed E-state index contributed by atoms with van der Waals surface area (Å²) in [5.41, 5.74) is 1.01. The molecule has 0 radical (unpaired) electrons. The molecule has 1 fully saturated rings. The molecule has 2 aromatic rings. The van der Waals surface area contributed by atoms with Crippen LogP contribution in [0.4, 0.5) is 9.52 Å². The van der Waals surface area contributed by atoms with E-state index in [0.29, 0.717) is 22.4 Å². The molecule has 1 aromatic carbocycles. The Morgan fingerprint density at radius 2 is 2.22 bits per heavy atom. The number of nitrogens with one attached hydrogen (secondary N) is 2. The van der Waals surface area contributed by atoms with Crippen LogP contribution in [0.1, 0.15) is 19.8 Å². The minimum absolute atomic E-state index is 0. The fourth-order valence-corrected chi connectivity index (χ4v) is 3.41. The average Bonchev–Trinajstić information content (AvgIpc) is 2.96. The zero-order chi connectivity index (χ0) is 15.5. The van der Waals surface area contributed by atoms with Crippen molar-refractivity contribution >= 4 is 34.8 Å². The summed E-state index contributed by atoms with van der Waals surface area (Å²) in [6, 6.07) is 6.86. The van der Waals surface area contributed by atoms with Gasteiger partial charge in [-0.25, -0.2) is 9.37 Å². The lowest BCUT2D eigenvalue weighted by Gasteiger charge is -2.26. The van der Waals surface area contributed by atoms with Crippen molar-refractivity contribution in [3.8, 4) is 11.3 Å². The summed E-state index contributed by atoms with van der Waals surface area (Å²) >= 11 is 1.32. The molecule has 23 heavy (non-hydrogen) atoms. The molecule has 0 spiro atoms. The Bertz CT molecular complexity index is 679. The van der Waals surface area contributed by atoms with Crippen LogP contribution in [0.25, 0.3) is 11.3 Å². The summed E-state index contributed by atoms with van der Waals surface area (Å²) in [7, 11) is 0. The molecular formula is C16H19ClFN3OS. The van der Waals surface area contributed by atoms with E-state index in [1.807, 2.05) is 0 Å². The Kier molecular flexibility index (Phi) is 6.10. The minimum Gasteiger partial charge on any atom is -0.314 e. The van der Waals surface area contributed by atoms with Gasteiger partial charge in [0.2, 0.25) is 5.91 Å². The lowest BCUT2D eigenvalue weighted by Crippen LogP contribution is -2.40. The number of piperidine rings is 1. The summed E-state index contributed by atoms with van der Waals surface area (Å²) in [5.74, 6) is -0.294. The van der Waals surface area contributed by atoms with Crippen molar-refractivity contribution in [1.82, 2.24) is 10.3 Å². The summed E-state index contributed by atoms with van der Waals surface area (Å²) in [5, 5.41) is 8.47. The van der Waals surface area contributed by atoms with Crippen molar-refractivity contribution < 1.29 is 9.18 Å². The maximum absolute atomic E-state index is 13.8. The number of hydrogen-bond acceptors (Lipinski definition) is 4. The van der Waals surface area contributed by atoms with Crippen molar-refractivity contribution in [2.75, 3.05) is 11.9 Å². The molecule has 4 nitrogen and oxygen atoms in total. The molecule has 2 atom stereocenters. The van der Waals surface area contributed by atoms with Gasteiger partial charge in [0.1, 0.15) is 5.82 Å². The van der Waals surface area contributed by atoms with Crippen molar-refractivity contribution in [2.24, 2.45) is 5.92 Å². The number of benzene rings is 1. The number of hydrogen-bond donors (Lipinski definition) is 2. The van der Waals surface area contributed by atoms with E-state index < -0.39 is 0 Å². The fourth-order valence-electron chi connectivity index (χ4n) is 2.70. The molecule has 0 aliphatic carbocycles. The van der Waals surface area contributed by atoms with Crippen LogP contribution >= 0.6 is 23.7 Å². The standard InChI is InChI=1S/C16H18FN3OS.ClH/c1-10-8-11(6-7-18-10)15(21)20-16-19-14(9-22-16)12-4-2-3-5-13(12)17;/h2-5,9-11,18H,6-8H2,1H3,(H,19,20,21);1H/t10-,11-;/m0./s1. The second kappa shape index (κ2) is 7.86. The van der Waals surface area contributed by atoms with Gasteiger partial charge in [-0.1, -0.05) is 12.1 Å². The van der Waals surface area contributed by atoms with Gasteiger partial charge in [0, 0.05) is 22.9 Å². The van der Waals surface area contributed by atoms with Crippen molar-refractivity contribution in [3.63, 3.8) is 0 Å². The summed E-state index contributed by atoms with van der Waals surface area (Å²) in [6.07, 6.45) is 1.67. The minimum atomic E-state index is -0.308. The molecule has 2 heterocycles. The second-order valence-electron chi connectivity index (χ2n) is 5.58. The Morgan fingerprint density at radius 3 is 2.96 bits per heavy atom. The highest BCUT2D eigenvalue weighted by Gasteiger charge is 2.25. The molecule has 1 aromatic heterocycles. The zero-order valence-corrected chi connectivity index (χ0v) is 14.3. The number of nitrogens with zero attached hydrogens (tertiary/aromatic N) is 1. The first-order valence-electron chi connectivity index (χ1n) is 7.38. The highest BCUT2D eigenvalue weighted by Crippen LogP contribution is 2.27. The number of amides is 1. The third-order valence-electron chi connectivity index (χ3n) is 3.88. The van der Waals surface area contributed by atoms with E-state index in [9.17, 15) is 9.18 Å². The van der Waals surface area contributed by atoms with Crippen LogP contribution in [-0.4, -0.2) is 23.5 Å². The van der Waals surface area contributed by atoms with E-state index in [2.05, 4.69) is 22.5 Å². The molecule has 1 saturated heterocycles. The molecule has 124 valence electrons. The first-order valence-corrected chi connectivity index (χ1v) is 8.26. The van der Waals surface area contributed by atoms with Gasteiger partial charge in [0.25, 0.3) is 0 Å². The Hall–Kier alpha value is -1.50. The van der Waals surface area contributed by atoms with Crippen LogP contribution in [0, 0.1) is 11.7 Å². The van der Waals surface area contributed by atoms with E-state index in [0.717, 1.165) is 19.4 Å². The van der Waals surface area contributed by atoms with Crippen LogP contribution in [-0.2, 0) is 4.79 Å². The van der Waals surface area contributed by atoms with Crippen molar-refractivity contribution in [2.45, 2.75) is 25.8 Å². The average molecular weight is 356 g/mol. The number of carbonyl (C=O) groups excluding carboxylic acids is 1. The molecule has 7 heteroatoms. The lowest BCUT2D eigenvalue weighted by molar-refractivity contribution is -0.120. The Balaban J connectivity index is 0.00000192. The van der Waals surface area contributed by atoms with Crippen LogP contribution in [0.5, 0.6) is 0 Å². The summed E-state index contributed by atoms with van der Waals surface area (Å²) in [6.45, 7) is 2.94. The van der Waals surface area contributed by atoms with Crippen molar-refractivity contribution in [1.29, 1.82) is 0 Å². The topological polar surface area (TPSA) is 54.0 Å². The predicted octanol–water partition coefficient (Wildman–Crippen LogP) is 3.70. The Morgan fingerprint density at radius 1 is 1.43 bits per heavy atom. The van der Waals surface area contributed by atoms with Gasteiger partial charge in [-0.3, -0.25) is 4.79 Å². The molecule has 2 N–H and O–H groups in total. The fraction of sp³-hybridized carbons (Fsp3) is 0.375. The van der Waals surface area contributed by atoms with Gasteiger partial charge >= 0.3 is 0 Å². The van der Waals surface area contributed by atoms with E-state index in [4.69, 9.17) is 0 Å². The van der Waals surface area contributed by atoms with Gasteiger partial charge in [0.05, 0.1) is 5.69 Å². The largest absolute Gasteiger partial charge is 0.314 e. The molecule has 1 aliphatic heterocycles. The molecule has 0 unspecified atom stereocenters. The van der Waals surface area contributed by atoms with Crippen LogP contribution in [0.3, 0.4) is 0 Å². The van der Waals surface area contributed by atoms with Crippen LogP contribution < -0.4 is 10.6 Å². The van der Waals surface area contributed by atoms with Crippen molar-refractivity contribution in [3.05, 3.63) is 35.5 Å². The van der Waals surface area contributed by atoms with Gasteiger partial charge in [-0.05, 0) is 38.4 Å². The van der Waals surface area contributed by atoms with Crippen LogP contribution in [0.2, 0.25) is 0 Å². The maximum atomic E-state index is 13.8. The van der Waals surface area contributed by atoms with Gasteiger partial charge < -0.3 is 10.6 Å². The first kappa shape index (κ1) is 17.8. The molecule has 1 aliphatic rings. The number of rotatable bonds is 3.